The van der Waals surface area contributed by atoms with Crippen molar-refractivity contribution in [1.82, 2.24) is 4.98 Å². The second kappa shape index (κ2) is 3.86. The van der Waals surface area contributed by atoms with Crippen LogP contribution in [0.2, 0.25) is 0 Å². The van der Waals surface area contributed by atoms with Gasteiger partial charge in [-0.05, 0) is 18.7 Å². The summed E-state index contributed by atoms with van der Waals surface area (Å²) in [7, 11) is 0. The Hall–Kier alpha value is -1.62. The minimum atomic E-state index is -0.522. The lowest BCUT2D eigenvalue weighted by atomic mass is 10.0. The van der Waals surface area contributed by atoms with E-state index in [4.69, 9.17) is 10.5 Å². The Morgan fingerprint density at radius 2 is 2.53 bits per heavy atom. The third-order valence-corrected chi connectivity index (χ3v) is 2.41. The monoisotopic (exact) mass is 207 g/mol. The lowest BCUT2D eigenvalue weighted by Crippen LogP contribution is -2.44. The number of nitrogens with two attached hydrogens (primary N) is 1. The van der Waals surface area contributed by atoms with Crippen molar-refractivity contribution in [2.45, 2.75) is 13.0 Å². The van der Waals surface area contributed by atoms with Gasteiger partial charge in [-0.15, -0.1) is 0 Å². The molecule has 1 aromatic rings. The van der Waals surface area contributed by atoms with Crippen LogP contribution in [0.15, 0.2) is 18.3 Å². The molecular weight excluding hydrogens is 194 g/mol. The number of hydrogen-bond acceptors (Lipinski definition) is 4. The number of pyridine rings is 1. The van der Waals surface area contributed by atoms with Gasteiger partial charge in [0.1, 0.15) is 0 Å². The minimum Gasteiger partial charge on any atom is -0.476 e. The topological polar surface area (TPSA) is 77.2 Å². The molecule has 1 aromatic heterocycles. The van der Waals surface area contributed by atoms with E-state index in [9.17, 15) is 4.79 Å². The molecule has 0 fully saturated rings. The van der Waals surface area contributed by atoms with Crippen molar-refractivity contribution in [2.24, 2.45) is 11.7 Å². The lowest BCUT2D eigenvalue weighted by Gasteiger charge is -2.28. The first-order chi connectivity index (χ1) is 7.22. The number of nitrogens with zero attached hydrogens (tertiary/aromatic N) is 1. The van der Waals surface area contributed by atoms with Crippen LogP contribution in [0, 0.1) is 5.92 Å². The van der Waals surface area contributed by atoms with Gasteiger partial charge < -0.3 is 15.8 Å². The first kappa shape index (κ1) is 9.92. The van der Waals surface area contributed by atoms with Gasteiger partial charge in [0.2, 0.25) is 0 Å². The highest BCUT2D eigenvalue weighted by Crippen LogP contribution is 2.28. The van der Waals surface area contributed by atoms with Crippen LogP contribution < -0.4 is 15.8 Å². The summed E-state index contributed by atoms with van der Waals surface area (Å²) in [5, 5.41) is 2.69. The molecule has 1 aliphatic rings. The molecule has 5 heteroatoms. The van der Waals surface area contributed by atoms with Crippen LogP contribution >= 0.6 is 0 Å². The predicted octanol–water partition coefficient (Wildman–Crippen LogP) is 0.376. The molecule has 0 bridgehead atoms. The van der Waals surface area contributed by atoms with Crippen molar-refractivity contribution < 1.29 is 9.53 Å². The van der Waals surface area contributed by atoms with Crippen molar-refractivity contribution in [2.75, 3.05) is 11.9 Å². The van der Waals surface area contributed by atoms with Gasteiger partial charge in [0, 0.05) is 12.1 Å². The van der Waals surface area contributed by atoms with Crippen molar-refractivity contribution in [3.63, 3.8) is 0 Å². The zero-order valence-corrected chi connectivity index (χ0v) is 8.43. The second-order valence-electron chi connectivity index (χ2n) is 3.59. The number of carbonyl (C=O) groups excluding carboxylic acids is 1. The van der Waals surface area contributed by atoms with Gasteiger partial charge in [0.25, 0.3) is 5.91 Å². The number of aromatic nitrogens is 1. The Morgan fingerprint density at radius 3 is 3.27 bits per heavy atom. The Kier molecular flexibility index (Phi) is 2.55. The molecule has 0 radical (unpaired) electrons. The normalized spacial score (nSPS) is 21.2. The summed E-state index contributed by atoms with van der Waals surface area (Å²) in [6.07, 6.45) is 1.08. The maximum absolute atomic E-state index is 11.6. The van der Waals surface area contributed by atoms with Crippen LogP contribution in [0.3, 0.4) is 0 Å². The fraction of sp³-hybridized carbons (Fsp3) is 0.400. The average Bonchev–Trinajstić information content (AvgIpc) is 2.27. The third kappa shape index (κ3) is 1.78. The zero-order valence-electron chi connectivity index (χ0n) is 8.43. The summed E-state index contributed by atoms with van der Waals surface area (Å²) in [5.41, 5.74) is 5.51. The van der Waals surface area contributed by atoms with E-state index in [-0.39, 0.29) is 11.8 Å². The molecule has 2 atom stereocenters. The third-order valence-electron chi connectivity index (χ3n) is 2.41. The summed E-state index contributed by atoms with van der Waals surface area (Å²) < 4.78 is 5.54. The average molecular weight is 207 g/mol. The molecule has 2 rings (SSSR count). The SMILES string of the molecule is CC(CN)C1Oc2cccnc2NC1=O. The van der Waals surface area contributed by atoms with E-state index < -0.39 is 6.10 Å². The van der Waals surface area contributed by atoms with E-state index in [2.05, 4.69) is 10.3 Å². The van der Waals surface area contributed by atoms with E-state index in [1.807, 2.05) is 6.92 Å². The highest BCUT2D eigenvalue weighted by atomic mass is 16.5. The van der Waals surface area contributed by atoms with Crippen LogP contribution in [0.4, 0.5) is 5.82 Å². The van der Waals surface area contributed by atoms with Gasteiger partial charge in [0.15, 0.2) is 17.7 Å². The number of rotatable bonds is 2. The van der Waals surface area contributed by atoms with E-state index in [0.29, 0.717) is 18.1 Å². The lowest BCUT2D eigenvalue weighted by molar-refractivity contribution is -0.125. The first-order valence-corrected chi connectivity index (χ1v) is 4.85. The molecule has 0 aromatic carbocycles. The standard InChI is InChI=1S/C10H13N3O2/c1-6(5-11)8-10(14)13-9-7(15-8)3-2-4-12-9/h2-4,6,8H,5,11H2,1H3,(H,12,13,14). The van der Waals surface area contributed by atoms with Crippen molar-refractivity contribution in [1.29, 1.82) is 0 Å². The molecular formula is C10H13N3O2. The molecule has 0 saturated heterocycles. The summed E-state index contributed by atoms with van der Waals surface area (Å²) in [6.45, 7) is 2.29. The van der Waals surface area contributed by atoms with Gasteiger partial charge in [-0.3, -0.25) is 4.79 Å². The number of anilines is 1. The zero-order chi connectivity index (χ0) is 10.8. The molecule has 2 heterocycles. The maximum Gasteiger partial charge on any atom is 0.267 e. The number of ether oxygens (including phenoxy) is 1. The summed E-state index contributed by atoms with van der Waals surface area (Å²) >= 11 is 0. The number of carbonyl (C=O) groups is 1. The smallest absolute Gasteiger partial charge is 0.267 e. The Balaban J connectivity index is 2.26. The highest BCUT2D eigenvalue weighted by Gasteiger charge is 2.31. The number of nitrogens with one attached hydrogen (secondary N) is 1. The van der Waals surface area contributed by atoms with Crippen molar-refractivity contribution in [3.05, 3.63) is 18.3 Å². The van der Waals surface area contributed by atoms with Crippen molar-refractivity contribution in [3.8, 4) is 5.75 Å². The molecule has 80 valence electrons. The summed E-state index contributed by atoms with van der Waals surface area (Å²) in [4.78, 5) is 15.6. The van der Waals surface area contributed by atoms with Crippen molar-refractivity contribution >= 4 is 11.7 Å². The van der Waals surface area contributed by atoms with E-state index >= 15 is 0 Å². The maximum atomic E-state index is 11.6. The second-order valence-corrected chi connectivity index (χ2v) is 3.59. The van der Waals surface area contributed by atoms with E-state index in [1.54, 1.807) is 18.3 Å². The van der Waals surface area contributed by atoms with Crippen LogP contribution in [0.5, 0.6) is 5.75 Å². The van der Waals surface area contributed by atoms with Crippen LogP contribution in [0.1, 0.15) is 6.92 Å². The molecule has 1 amide bonds. The minimum absolute atomic E-state index is 0.0154. The predicted molar refractivity (Wildman–Crippen MR) is 55.5 cm³/mol. The van der Waals surface area contributed by atoms with Crippen LogP contribution in [-0.4, -0.2) is 23.5 Å². The van der Waals surface area contributed by atoms with Gasteiger partial charge in [-0.25, -0.2) is 4.98 Å². The molecule has 15 heavy (non-hydrogen) atoms. The highest BCUT2D eigenvalue weighted by molar-refractivity contribution is 5.96. The number of amides is 1. The fourth-order valence-electron chi connectivity index (χ4n) is 1.46. The quantitative estimate of drug-likeness (QED) is 0.734. The van der Waals surface area contributed by atoms with Gasteiger partial charge in [0.05, 0.1) is 0 Å². The molecule has 2 unspecified atom stereocenters. The molecule has 1 aliphatic heterocycles. The summed E-state index contributed by atoms with van der Waals surface area (Å²) in [5.74, 6) is 0.878. The van der Waals surface area contributed by atoms with Crippen LogP contribution in [0.25, 0.3) is 0 Å². The Bertz CT molecular complexity index is 381. The van der Waals surface area contributed by atoms with Gasteiger partial charge in [-0.1, -0.05) is 6.92 Å². The molecule has 0 aliphatic carbocycles. The van der Waals surface area contributed by atoms with Crippen LogP contribution in [-0.2, 0) is 4.79 Å². The number of fused-ring (bicyclic) bond motifs is 1. The van der Waals surface area contributed by atoms with Gasteiger partial charge >= 0.3 is 0 Å². The fourth-order valence-corrected chi connectivity index (χ4v) is 1.46. The molecule has 0 saturated carbocycles. The van der Waals surface area contributed by atoms with Gasteiger partial charge in [-0.2, -0.15) is 0 Å². The largest absolute Gasteiger partial charge is 0.476 e. The Labute approximate surface area is 87.6 Å². The molecule has 3 N–H and O–H groups in total. The summed E-state index contributed by atoms with van der Waals surface area (Å²) in [6, 6.07) is 3.54. The molecule has 0 spiro atoms. The molecule has 5 nitrogen and oxygen atoms in total. The first-order valence-electron chi connectivity index (χ1n) is 4.85. The van der Waals surface area contributed by atoms with E-state index in [0.717, 1.165) is 0 Å². The number of hydrogen-bond donors (Lipinski definition) is 2. The van der Waals surface area contributed by atoms with E-state index in [1.165, 1.54) is 0 Å². The Morgan fingerprint density at radius 1 is 1.73 bits per heavy atom.